The first kappa shape index (κ1) is 10.0. The molecule has 0 nitrogen and oxygen atoms in total. The van der Waals surface area contributed by atoms with Gasteiger partial charge in [0.05, 0.1) is 9.85 Å². The molecule has 0 radical (unpaired) electrons. The summed E-state index contributed by atoms with van der Waals surface area (Å²) >= 11 is 9.08. The number of benzene rings is 1. The second kappa shape index (κ2) is 4.24. The van der Waals surface area contributed by atoms with Crippen molar-refractivity contribution < 1.29 is 4.39 Å². The third-order valence-electron chi connectivity index (χ3n) is 1.66. The number of alkyl halides is 1. The molecule has 1 unspecified atom stereocenters. The lowest BCUT2D eigenvalue weighted by Crippen LogP contribution is -1.89. The molecule has 12 heavy (non-hydrogen) atoms. The van der Waals surface area contributed by atoms with E-state index in [1.54, 1.807) is 12.1 Å². The fraction of sp³-hybridized carbons (Fsp3) is 0.333. The monoisotopic (exact) mass is 250 g/mol. The minimum atomic E-state index is -0.251. The third-order valence-corrected chi connectivity index (χ3v) is 2.83. The Hall–Kier alpha value is -0.0800. The van der Waals surface area contributed by atoms with Crippen LogP contribution in [-0.4, -0.2) is 0 Å². The Kier molecular flexibility index (Phi) is 3.53. The summed E-state index contributed by atoms with van der Waals surface area (Å²) in [6.45, 7) is 1.99. The molecule has 66 valence electrons. The van der Waals surface area contributed by atoms with Gasteiger partial charge in [-0.15, -0.1) is 11.6 Å². The molecule has 0 saturated heterocycles. The molecule has 1 rings (SSSR count). The predicted molar refractivity (Wildman–Crippen MR) is 53.0 cm³/mol. The first-order valence-electron chi connectivity index (χ1n) is 3.74. The highest BCUT2D eigenvalue weighted by molar-refractivity contribution is 9.10. The normalized spacial score (nSPS) is 13.0. The van der Waals surface area contributed by atoms with Gasteiger partial charge in [-0.1, -0.05) is 13.0 Å². The van der Waals surface area contributed by atoms with Crippen molar-refractivity contribution in [3.8, 4) is 0 Å². The average molecular weight is 252 g/mol. The van der Waals surface area contributed by atoms with E-state index in [1.165, 1.54) is 6.07 Å². The van der Waals surface area contributed by atoms with Gasteiger partial charge in [-0.2, -0.15) is 0 Å². The molecule has 0 saturated carbocycles. The molecule has 0 aliphatic heterocycles. The van der Waals surface area contributed by atoms with Crippen molar-refractivity contribution in [1.82, 2.24) is 0 Å². The minimum absolute atomic E-state index is 0.0260. The van der Waals surface area contributed by atoms with Crippen LogP contribution in [0.25, 0.3) is 0 Å². The third kappa shape index (κ3) is 2.20. The van der Waals surface area contributed by atoms with E-state index < -0.39 is 0 Å². The van der Waals surface area contributed by atoms with Crippen LogP contribution in [0.15, 0.2) is 22.7 Å². The molecular formula is C9H9BrClF. The molecule has 0 bridgehead atoms. The summed E-state index contributed by atoms with van der Waals surface area (Å²) in [7, 11) is 0. The van der Waals surface area contributed by atoms with Crippen molar-refractivity contribution in [2.75, 3.05) is 0 Å². The molecule has 0 aliphatic carbocycles. The largest absolute Gasteiger partial charge is 0.206 e. The van der Waals surface area contributed by atoms with E-state index in [4.69, 9.17) is 11.6 Å². The number of hydrogen-bond donors (Lipinski definition) is 0. The molecule has 0 fully saturated rings. The maximum Gasteiger partial charge on any atom is 0.137 e. The van der Waals surface area contributed by atoms with Crippen molar-refractivity contribution in [2.45, 2.75) is 18.7 Å². The summed E-state index contributed by atoms with van der Waals surface area (Å²) in [5.74, 6) is -0.251. The lowest BCUT2D eigenvalue weighted by Gasteiger charge is -2.06. The van der Waals surface area contributed by atoms with Crippen LogP contribution in [0, 0.1) is 5.82 Å². The Labute approximate surface area is 84.9 Å². The lowest BCUT2D eigenvalue weighted by atomic mass is 10.1. The minimum Gasteiger partial charge on any atom is -0.206 e. The average Bonchev–Trinajstić information content (AvgIpc) is 2.08. The number of halogens is 3. The quantitative estimate of drug-likeness (QED) is 0.688. The summed E-state index contributed by atoms with van der Waals surface area (Å²) in [6.07, 6.45) is 0.847. The van der Waals surface area contributed by atoms with Gasteiger partial charge in [-0.05, 0) is 40.0 Å². The van der Waals surface area contributed by atoms with E-state index in [0.717, 1.165) is 12.0 Å². The smallest absolute Gasteiger partial charge is 0.137 e. The van der Waals surface area contributed by atoms with Gasteiger partial charge in [0.1, 0.15) is 5.82 Å². The van der Waals surface area contributed by atoms with Gasteiger partial charge < -0.3 is 0 Å². The topological polar surface area (TPSA) is 0 Å². The Morgan fingerprint density at radius 2 is 2.25 bits per heavy atom. The highest BCUT2D eigenvalue weighted by Gasteiger charge is 2.07. The first-order valence-corrected chi connectivity index (χ1v) is 4.97. The molecule has 0 spiro atoms. The van der Waals surface area contributed by atoms with E-state index in [2.05, 4.69) is 15.9 Å². The summed E-state index contributed by atoms with van der Waals surface area (Å²) in [6, 6.07) is 4.85. The standard InChI is InChI=1S/C9H9BrClF/c1-2-8(11)6-3-4-9(12)7(10)5-6/h3-5,8H,2H2,1H3. The predicted octanol–water partition coefficient (Wildman–Crippen LogP) is 4.28. The highest BCUT2D eigenvalue weighted by atomic mass is 79.9. The molecule has 0 amide bonds. The molecular weight excluding hydrogens is 242 g/mol. The van der Waals surface area contributed by atoms with Gasteiger partial charge in [-0.25, -0.2) is 4.39 Å². The van der Waals surface area contributed by atoms with Crippen molar-refractivity contribution >= 4 is 27.5 Å². The molecule has 0 N–H and O–H groups in total. The maximum atomic E-state index is 12.8. The molecule has 1 aromatic rings. The molecule has 3 heteroatoms. The summed E-state index contributed by atoms with van der Waals surface area (Å²) in [5, 5.41) is -0.0260. The molecule has 1 atom stereocenters. The Morgan fingerprint density at radius 1 is 1.58 bits per heavy atom. The van der Waals surface area contributed by atoms with E-state index in [9.17, 15) is 4.39 Å². The van der Waals surface area contributed by atoms with Gasteiger partial charge >= 0.3 is 0 Å². The SMILES string of the molecule is CCC(Cl)c1ccc(F)c(Br)c1. The zero-order valence-electron chi connectivity index (χ0n) is 6.65. The van der Waals surface area contributed by atoms with Gasteiger partial charge in [-0.3, -0.25) is 0 Å². The van der Waals surface area contributed by atoms with E-state index >= 15 is 0 Å². The van der Waals surface area contributed by atoms with Crippen LogP contribution in [0.1, 0.15) is 24.3 Å². The zero-order chi connectivity index (χ0) is 9.14. The van der Waals surface area contributed by atoms with Crippen LogP contribution in [0.3, 0.4) is 0 Å². The van der Waals surface area contributed by atoms with Crippen LogP contribution in [0.4, 0.5) is 4.39 Å². The van der Waals surface area contributed by atoms with Crippen molar-refractivity contribution in [3.63, 3.8) is 0 Å². The molecule has 0 heterocycles. The van der Waals surface area contributed by atoms with Crippen LogP contribution >= 0.6 is 27.5 Å². The Morgan fingerprint density at radius 3 is 2.75 bits per heavy atom. The molecule has 0 aliphatic rings. The summed E-state index contributed by atoms with van der Waals surface area (Å²) in [5.41, 5.74) is 0.951. The van der Waals surface area contributed by atoms with E-state index in [0.29, 0.717) is 4.47 Å². The van der Waals surface area contributed by atoms with Crippen molar-refractivity contribution in [1.29, 1.82) is 0 Å². The Bertz CT molecular complexity index is 275. The molecule has 1 aromatic carbocycles. The van der Waals surface area contributed by atoms with Crippen LogP contribution in [0.2, 0.25) is 0 Å². The van der Waals surface area contributed by atoms with E-state index in [-0.39, 0.29) is 11.2 Å². The second-order valence-corrected chi connectivity index (χ2v) is 3.93. The van der Waals surface area contributed by atoms with Gasteiger partial charge in [0, 0.05) is 0 Å². The number of hydrogen-bond acceptors (Lipinski definition) is 0. The fourth-order valence-electron chi connectivity index (χ4n) is 0.943. The lowest BCUT2D eigenvalue weighted by molar-refractivity contribution is 0.620. The molecule has 0 aromatic heterocycles. The second-order valence-electron chi connectivity index (χ2n) is 2.55. The fourth-order valence-corrected chi connectivity index (χ4v) is 1.48. The van der Waals surface area contributed by atoms with Crippen LogP contribution < -0.4 is 0 Å². The zero-order valence-corrected chi connectivity index (χ0v) is 8.99. The maximum absolute atomic E-state index is 12.8. The van der Waals surface area contributed by atoms with Crippen molar-refractivity contribution in [3.05, 3.63) is 34.1 Å². The number of rotatable bonds is 2. The van der Waals surface area contributed by atoms with Crippen molar-refractivity contribution in [2.24, 2.45) is 0 Å². The Balaban J connectivity index is 2.96. The summed E-state index contributed by atoms with van der Waals surface area (Å²) in [4.78, 5) is 0. The first-order chi connectivity index (χ1) is 5.65. The van der Waals surface area contributed by atoms with Gasteiger partial charge in [0.25, 0.3) is 0 Å². The van der Waals surface area contributed by atoms with E-state index in [1.807, 2.05) is 6.92 Å². The van der Waals surface area contributed by atoms with Crippen LogP contribution in [-0.2, 0) is 0 Å². The summed E-state index contributed by atoms with van der Waals surface area (Å²) < 4.78 is 13.2. The van der Waals surface area contributed by atoms with Gasteiger partial charge in [0.15, 0.2) is 0 Å². The highest BCUT2D eigenvalue weighted by Crippen LogP contribution is 2.27. The van der Waals surface area contributed by atoms with Gasteiger partial charge in [0.2, 0.25) is 0 Å². The van der Waals surface area contributed by atoms with Crippen LogP contribution in [0.5, 0.6) is 0 Å².